The minimum absolute atomic E-state index is 0.522. The summed E-state index contributed by atoms with van der Waals surface area (Å²) in [4.78, 5) is 0. The molecule has 3 rings (SSSR count). The van der Waals surface area contributed by atoms with Gasteiger partial charge in [0.25, 0.3) is 0 Å². The van der Waals surface area contributed by atoms with Gasteiger partial charge in [-0.15, -0.1) is 0 Å². The fourth-order valence-electron chi connectivity index (χ4n) is 3.32. The summed E-state index contributed by atoms with van der Waals surface area (Å²) in [6.45, 7) is 0.962. The van der Waals surface area contributed by atoms with E-state index in [-0.39, 0.29) is 0 Å². The largest absolute Gasteiger partial charge is 0.496 e. The third-order valence-corrected chi connectivity index (χ3v) is 4.24. The number of fused-ring (bicyclic) bond motifs is 1. The highest BCUT2D eigenvalue weighted by atomic mass is 16.5. The highest BCUT2D eigenvalue weighted by Gasteiger charge is 2.43. The van der Waals surface area contributed by atoms with Crippen LogP contribution in [0.1, 0.15) is 24.8 Å². The van der Waals surface area contributed by atoms with E-state index in [1.165, 1.54) is 24.8 Å². The molecule has 1 aliphatic heterocycles. The summed E-state index contributed by atoms with van der Waals surface area (Å²) in [5.41, 5.74) is 1.33. The summed E-state index contributed by atoms with van der Waals surface area (Å²) in [5.74, 6) is 2.56. The molecule has 2 heteroatoms. The molecule has 1 aliphatic carbocycles. The third-order valence-electron chi connectivity index (χ3n) is 4.24. The van der Waals surface area contributed by atoms with Crippen LogP contribution in [-0.4, -0.2) is 19.8 Å². The third kappa shape index (κ3) is 2.06. The number of benzene rings is 1. The highest BCUT2D eigenvalue weighted by Crippen LogP contribution is 2.44. The number of hydrogen-bond donors (Lipinski definition) is 0. The Bertz CT molecular complexity index is 388. The van der Waals surface area contributed by atoms with Gasteiger partial charge < -0.3 is 9.47 Å². The van der Waals surface area contributed by atoms with Crippen molar-refractivity contribution < 1.29 is 9.47 Å². The van der Waals surface area contributed by atoms with Crippen molar-refractivity contribution in [3.05, 3.63) is 29.8 Å². The first kappa shape index (κ1) is 11.1. The molecule has 2 aliphatic rings. The molecule has 1 saturated carbocycles. The van der Waals surface area contributed by atoms with Crippen molar-refractivity contribution in [3.63, 3.8) is 0 Å². The maximum atomic E-state index is 5.89. The van der Waals surface area contributed by atoms with E-state index in [1.807, 2.05) is 12.1 Å². The maximum Gasteiger partial charge on any atom is 0.122 e. The van der Waals surface area contributed by atoms with Crippen molar-refractivity contribution in [3.8, 4) is 5.75 Å². The average molecular weight is 232 g/mol. The quantitative estimate of drug-likeness (QED) is 0.797. The summed E-state index contributed by atoms with van der Waals surface area (Å²) in [7, 11) is 1.75. The van der Waals surface area contributed by atoms with Crippen molar-refractivity contribution in [2.75, 3.05) is 13.7 Å². The number of para-hydroxylation sites is 1. The number of methoxy groups -OCH3 is 1. The van der Waals surface area contributed by atoms with Crippen LogP contribution >= 0.6 is 0 Å². The minimum atomic E-state index is 0.522. The zero-order valence-corrected chi connectivity index (χ0v) is 10.4. The molecule has 1 aromatic rings. The zero-order chi connectivity index (χ0) is 11.7. The normalized spacial score (nSPS) is 31.5. The summed E-state index contributed by atoms with van der Waals surface area (Å²) in [6, 6.07) is 8.35. The van der Waals surface area contributed by atoms with Crippen molar-refractivity contribution >= 4 is 0 Å². The fraction of sp³-hybridized carbons (Fsp3) is 0.600. The molecule has 2 nitrogen and oxygen atoms in total. The molecule has 0 bridgehead atoms. The lowest BCUT2D eigenvalue weighted by molar-refractivity contribution is -0.127. The van der Waals surface area contributed by atoms with E-state index in [4.69, 9.17) is 9.47 Å². The second-order valence-corrected chi connectivity index (χ2v) is 5.25. The molecule has 92 valence electrons. The van der Waals surface area contributed by atoms with Crippen molar-refractivity contribution in [1.29, 1.82) is 0 Å². The van der Waals surface area contributed by atoms with Crippen LogP contribution in [0.15, 0.2) is 24.3 Å². The Morgan fingerprint density at radius 1 is 1.35 bits per heavy atom. The van der Waals surface area contributed by atoms with E-state index in [9.17, 15) is 0 Å². The predicted molar refractivity (Wildman–Crippen MR) is 67.3 cm³/mol. The molecule has 0 radical (unpaired) electrons. The maximum absolute atomic E-state index is 5.89. The Morgan fingerprint density at radius 3 is 3.06 bits per heavy atom. The lowest BCUT2D eigenvalue weighted by Crippen LogP contribution is -2.47. The lowest BCUT2D eigenvalue weighted by Gasteiger charge is -2.47. The summed E-state index contributed by atoms with van der Waals surface area (Å²) in [5, 5.41) is 0. The number of hydrogen-bond acceptors (Lipinski definition) is 2. The van der Waals surface area contributed by atoms with Gasteiger partial charge in [-0.3, -0.25) is 0 Å². The van der Waals surface area contributed by atoms with Crippen LogP contribution in [0.4, 0.5) is 0 Å². The first-order chi connectivity index (χ1) is 8.38. The van der Waals surface area contributed by atoms with E-state index in [0.29, 0.717) is 12.0 Å². The van der Waals surface area contributed by atoms with Gasteiger partial charge in [0.2, 0.25) is 0 Å². The average Bonchev–Trinajstić information content (AvgIpc) is 2.36. The molecule has 0 amide bonds. The van der Waals surface area contributed by atoms with Gasteiger partial charge in [0.05, 0.1) is 13.2 Å². The van der Waals surface area contributed by atoms with Crippen LogP contribution in [0.25, 0.3) is 0 Å². The van der Waals surface area contributed by atoms with E-state index in [2.05, 4.69) is 12.1 Å². The Labute approximate surface area is 103 Å². The molecule has 17 heavy (non-hydrogen) atoms. The summed E-state index contributed by atoms with van der Waals surface area (Å²) >= 11 is 0. The first-order valence-corrected chi connectivity index (χ1v) is 6.62. The molecule has 0 aromatic heterocycles. The van der Waals surface area contributed by atoms with E-state index < -0.39 is 0 Å². The zero-order valence-electron chi connectivity index (χ0n) is 10.4. The molecular formula is C15H20O2. The molecule has 1 unspecified atom stereocenters. The minimum Gasteiger partial charge on any atom is -0.496 e. The first-order valence-electron chi connectivity index (χ1n) is 6.62. The predicted octanol–water partition coefficient (Wildman–Crippen LogP) is 3.05. The Hall–Kier alpha value is -1.02. The molecule has 0 N–H and O–H groups in total. The Kier molecular flexibility index (Phi) is 3.06. The van der Waals surface area contributed by atoms with Crippen molar-refractivity contribution in [2.45, 2.75) is 31.8 Å². The molecule has 1 saturated heterocycles. The molecule has 1 heterocycles. The van der Waals surface area contributed by atoms with Gasteiger partial charge in [0, 0.05) is 6.61 Å². The van der Waals surface area contributed by atoms with Gasteiger partial charge in [-0.05, 0) is 49.1 Å². The van der Waals surface area contributed by atoms with Gasteiger partial charge in [0.15, 0.2) is 0 Å². The summed E-state index contributed by atoms with van der Waals surface area (Å²) in [6.07, 6.45) is 5.58. The van der Waals surface area contributed by atoms with Gasteiger partial charge in [-0.2, -0.15) is 0 Å². The van der Waals surface area contributed by atoms with Crippen molar-refractivity contribution in [1.82, 2.24) is 0 Å². The van der Waals surface area contributed by atoms with E-state index >= 15 is 0 Å². The smallest absolute Gasteiger partial charge is 0.122 e. The molecule has 2 fully saturated rings. The molecule has 1 aromatic carbocycles. The Balaban J connectivity index is 1.67. The highest BCUT2D eigenvalue weighted by molar-refractivity contribution is 5.34. The topological polar surface area (TPSA) is 18.5 Å². The number of ether oxygens (including phenoxy) is 2. The second-order valence-electron chi connectivity index (χ2n) is 5.25. The van der Waals surface area contributed by atoms with Crippen LogP contribution in [0.2, 0.25) is 0 Å². The Morgan fingerprint density at radius 2 is 2.24 bits per heavy atom. The van der Waals surface area contributed by atoms with Crippen LogP contribution < -0.4 is 4.74 Å². The molecule has 0 spiro atoms. The number of rotatable bonds is 3. The van der Waals surface area contributed by atoms with Gasteiger partial charge in [0.1, 0.15) is 5.75 Å². The van der Waals surface area contributed by atoms with Crippen LogP contribution in [0, 0.1) is 11.8 Å². The molecular weight excluding hydrogens is 212 g/mol. The van der Waals surface area contributed by atoms with Crippen LogP contribution in [-0.2, 0) is 11.2 Å². The van der Waals surface area contributed by atoms with Crippen LogP contribution in [0.5, 0.6) is 5.75 Å². The fourth-order valence-corrected chi connectivity index (χ4v) is 3.32. The van der Waals surface area contributed by atoms with Crippen LogP contribution in [0.3, 0.4) is 0 Å². The second kappa shape index (κ2) is 4.69. The SMILES string of the molecule is COc1ccccc1CC1C[C@H]2CCCO[C@@H]12. The molecule has 3 atom stereocenters. The monoisotopic (exact) mass is 232 g/mol. The van der Waals surface area contributed by atoms with E-state index in [0.717, 1.165) is 24.7 Å². The lowest BCUT2D eigenvalue weighted by atomic mass is 9.66. The van der Waals surface area contributed by atoms with E-state index in [1.54, 1.807) is 7.11 Å². The standard InChI is InChI=1S/C15H20O2/c1-16-14-7-3-2-5-11(14)9-13-10-12-6-4-8-17-15(12)13/h2-3,5,7,12-13,15H,4,6,8-10H2,1H3/t12-,13?,15-/m1/s1. The van der Waals surface area contributed by atoms with Gasteiger partial charge >= 0.3 is 0 Å². The van der Waals surface area contributed by atoms with Gasteiger partial charge in [-0.1, -0.05) is 18.2 Å². The van der Waals surface area contributed by atoms with Gasteiger partial charge in [-0.25, -0.2) is 0 Å². The summed E-state index contributed by atoms with van der Waals surface area (Å²) < 4.78 is 11.3. The van der Waals surface area contributed by atoms with Crippen molar-refractivity contribution in [2.24, 2.45) is 11.8 Å².